The van der Waals surface area contributed by atoms with Gasteiger partial charge in [-0.05, 0) is 36.8 Å². The fourth-order valence-electron chi connectivity index (χ4n) is 3.19. The molecule has 8 heteroatoms. The van der Waals surface area contributed by atoms with Gasteiger partial charge in [-0.25, -0.2) is 4.98 Å². The zero-order chi connectivity index (χ0) is 19.1. The maximum absolute atomic E-state index is 12.7. The van der Waals surface area contributed by atoms with Gasteiger partial charge in [-0.2, -0.15) is 0 Å². The van der Waals surface area contributed by atoms with Crippen molar-refractivity contribution < 1.29 is 4.79 Å². The quantitative estimate of drug-likeness (QED) is 0.526. The van der Waals surface area contributed by atoms with E-state index in [2.05, 4.69) is 4.90 Å². The minimum absolute atomic E-state index is 0.0535. The molecule has 1 aliphatic heterocycles. The maximum atomic E-state index is 12.7. The van der Waals surface area contributed by atoms with Crippen LogP contribution in [0.15, 0.2) is 30.3 Å². The van der Waals surface area contributed by atoms with Gasteiger partial charge in [-0.15, -0.1) is 0 Å². The number of aromatic nitrogens is 1. The van der Waals surface area contributed by atoms with Crippen molar-refractivity contribution in [2.45, 2.75) is 6.92 Å². The monoisotopic (exact) mass is 439 g/mol. The Morgan fingerprint density at radius 3 is 2.33 bits per heavy atom. The van der Waals surface area contributed by atoms with Crippen molar-refractivity contribution in [2.24, 2.45) is 0 Å². The first-order valence-electron chi connectivity index (χ1n) is 8.48. The van der Waals surface area contributed by atoms with E-state index in [1.807, 2.05) is 24.0 Å². The topological polar surface area (TPSA) is 36.4 Å². The van der Waals surface area contributed by atoms with E-state index in [0.29, 0.717) is 28.7 Å². The third-order valence-electron chi connectivity index (χ3n) is 4.63. The number of hydrogen-bond acceptors (Lipinski definition) is 4. The van der Waals surface area contributed by atoms with Gasteiger partial charge in [-0.1, -0.05) is 52.2 Å². The molecule has 1 aromatic heterocycles. The SMILES string of the molecule is Cc1ccc(Cl)c2sc(N3CCN(C(=O)c4cc(Cl)cc(Cl)c4)CC3)nc12. The van der Waals surface area contributed by atoms with Crippen LogP contribution in [-0.4, -0.2) is 42.0 Å². The van der Waals surface area contributed by atoms with Crippen LogP contribution < -0.4 is 4.90 Å². The summed E-state index contributed by atoms with van der Waals surface area (Å²) in [5.41, 5.74) is 2.58. The third-order valence-corrected chi connectivity index (χ3v) is 6.65. The van der Waals surface area contributed by atoms with Crippen LogP contribution in [-0.2, 0) is 0 Å². The molecule has 4 rings (SSSR count). The predicted octanol–water partition coefficient (Wildman–Crippen LogP) is 5.53. The molecule has 0 saturated carbocycles. The molecular weight excluding hydrogens is 425 g/mol. The summed E-state index contributed by atoms with van der Waals surface area (Å²) in [4.78, 5) is 21.5. The van der Waals surface area contributed by atoms with Crippen molar-refractivity contribution in [3.8, 4) is 0 Å². The Labute approximate surface area is 176 Å². The number of benzene rings is 2. The summed E-state index contributed by atoms with van der Waals surface area (Å²) in [6, 6.07) is 8.83. The number of piperazine rings is 1. The average molecular weight is 441 g/mol. The van der Waals surface area contributed by atoms with Gasteiger partial charge in [0, 0.05) is 41.8 Å². The summed E-state index contributed by atoms with van der Waals surface area (Å²) in [5.74, 6) is -0.0535. The molecule has 0 radical (unpaired) electrons. The molecule has 0 aliphatic carbocycles. The summed E-state index contributed by atoms with van der Waals surface area (Å²) in [7, 11) is 0. The molecule has 1 saturated heterocycles. The van der Waals surface area contributed by atoms with Crippen LogP contribution >= 0.6 is 46.1 Å². The molecule has 27 heavy (non-hydrogen) atoms. The highest BCUT2D eigenvalue weighted by molar-refractivity contribution is 7.22. The average Bonchev–Trinajstić information content (AvgIpc) is 3.10. The molecule has 1 amide bonds. The normalized spacial score (nSPS) is 14.8. The number of anilines is 1. The van der Waals surface area contributed by atoms with E-state index >= 15 is 0 Å². The Bertz CT molecular complexity index is 969. The Balaban J connectivity index is 1.50. The van der Waals surface area contributed by atoms with Gasteiger partial charge in [-0.3, -0.25) is 4.79 Å². The lowest BCUT2D eigenvalue weighted by atomic mass is 10.2. The fraction of sp³-hybridized carbons (Fsp3) is 0.263. The number of halogens is 3. The van der Waals surface area contributed by atoms with Crippen molar-refractivity contribution >= 4 is 67.4 Å². The van der Waals surface area contributed by atoms with Crippen LogP contribution in [0.5, 0.6) is 0 Å². The van der Waals surface area contributed by atoms with Crippen LogP contribution in [0.4, 0.5) is 5.13 Å². The Kier molecular flexibility index (Phi) is 5.21. The van der Waals surface area contributed by atoms with Crippen molar-refractivity contribution in [3.05, 3.63) is 56.5 Å². The standard InChI is InChI=1S/C19H16Cl3N3OS/c1-11-2-3-15(22)17-16(11)23-19(27-17)25-6-4-24(5-7-25)18(26)12-8-13(20)10-14(21)9-12/h2-3,8-10H,4-7H2,1H3. The van der Waals surface area contributed by atoms with Crippen LogP contribution in [0.25, 0.3) is 10.2 Å². The molecule has 4 nitrogen and oxygen atoms in total. The molecule has 0 atom stereocenters. The van der Waals surface area contributed by atoms with E-state index in [9.17, 15) is 4.79 Å². The zero-order valence-electron chi connectivity index (χ0n) is 14.5. The Morgan fingerprint density at radius 1 is 1.04 bits per heavy atom. The second-order valence-corrected chi connectivity index (χ2v) is 8.73. The minimum atomic E-state index is -0.0535. The zero-order valence-corrected chi connectivity index (χ0v) is 17.6. The summed E-state index contributed by atoms with van der Waals surface area (Å²) in [6.45, 7) is 4.71. The number of carbonyl (C=O) groups excluding carboxylic acids is 1. The molecule has 0 spiro atoms. The number of fused-ring (bicyclic) bond motifs is 1. The molecular formula is C19H16Cl3N3OS. The Hall–Kier alpha value is -1.53. The van der Waals surface area contributed by atoms with Crippen LogP contribution in [0.3, 0.4) is 0 Å². The highest BCUT2D eigenvalue weighted by Gasteiger charge is 2.25. The minimum Gasteiger partial charge on any atom is -0.345 e. The van der Waals surface area contributed by atoms with E-state index in [-0.39, 0.29) is 5.91 Å². The van der Waals surface area contributed by atoms with Crippen molar-refractivity contribution in [3.63, 3.8) is 0 Å². The van der Waals surface area contributed by atoms with Crippen LogP contribution in [0, 0.1) is 6.92 Å². The molecule has 0 bridgehead atoms. The van der Waals surface area contributed by atoms with Gasteiger partial charge >= 0.3 is 0 Å². The summed E-state index contributed by atoms with van der Waals surface area (Å²) >= 11 is 20.0. The number of rotatable bonds is 2. The second kappa shape index (κ2) is 7.47. The number of carbonyl (C=O) groups is 1. The molecule has 2 aromatic carbocycles. The first kappa shape index (κ1) is 18.8. The lowest BCUT2D eigenvalue weighted by Gasteiger charge is -2.34. The fourth-order valence-corrected chi connectivity index (χ4v) is 5.08. The second-order valence-electron chi connectivity index (χ2n) is 6.48. The number of aryl methyl sites for hydroxylation is 1. The first-order valence-corrected chi connectivity index (χ1v) is 10.4. The number of nitrogens with zero attached hydrogens (tertiary/aromatic N) is 3. The molecule has 140 valence electrons. The van der Waals surface area contributed by atoms with Crippen molar-refractivity contribution in [1.82, 2.24) is 9.88 Å². The van der Waals surface area contributed by atoms with Crippen molar-refractivity contribution in [2.75, 3.05) is 31.1 Å². The molecule has 0 unspecified atom stereocenters. The third kappa shape index (κ3) is 3.74. The van der Waals surface area contributed by atoms with E-state index in [1.54, 1.807) is 29.5 Å². The number of thiazole rings is 1. The lowest BCUT2D eigenvalue weighted by molar-refractivity contribution is 0.0747. The van der Waals surface area contributed by atoms with E-state index in [4.69, 9.17) is 39.8 Å². The molecule has 2 heterocycles. The van der Waals surface area contributed by atoms with Crippen molar-refractivity contribution in [1.29, 1.82) is 0 Å². The summed E-state index contributed by atoms with van der Waals surface area (Å²) < 4.78 is 1.01. The number of amides is 1. The highest BCUT2D eigenvalue weighted by Crippen LogP contribution is 2.36. The van der Waals surface area contributed by atoms with E-state index < -0.39 is 0 Å². The first-order chi connectivity index (χ1) is 12.9. The lowest BCUT2D eigenvalue weighted by Crippen LogP contribution is -2.48. The van der Waals surface area contributed by atoms with Crippen LogP contribution in [0.1, 0.15) is 15.9 Å². The smallest absolute Gasteiger partial charge is 0.254 e. The van der Waals surface area contributed by atoms with E-state index in [0.717, 1.165) is 39.0 Å². The van der Waals surface area contributed by atoms with E-state index in [1.165, 1.54) is 0 Å². The van der Waals surface area contributed by atoms with Gasteiger partial charge in [0.1, 0.15) is 0 Å². The number of hydrogen-bond donors (Lipinski definition) is 0. The predicted molar refractivity (Wildman–Crippen MR) is 114 cm³/mol. The molecule has 1 aliphatic rings. The van der Waals surface area contributed by atoms with Gasteiger partial charge in [0.05, 0.1) is 15.2 Å². The summed E-state index contributed by atoms with van der Waals surface area (Å²) in [5, 5.41) is 2.60. The maximum Gasteiger partial charge on any atom is 0.254 e. The van der Waals surface area contributed by atoms with Gasteiger partial charge in [0.2, 0.25) is 0 Å². The largest absolute Gasteiger partial charge is 0.345 e. The van der Waals surface area contributed by atoms with Gasteiger partial charge < -0.3 is 9.80 Å². The summed E-state index contributed by atoms with van der Waals surface area (Å²) in [6.07, 6.45) is 0. The van der Waals surface area contributed by atoms with Crippen LogP contribution in [0.2, 0.25) is 15.1 Å². The molecule has 3 aromatic rings. The highest BCUT2D eigenvalue weighted by atomic mass is 35.5. The Morgan fingerprint density at radius 2 is 1.70 bits per heavy atom. The molecule has 1 fully saturated rings. The van der Waals surface area contributed by atoms with Gasteiger partial charge in [0.15, 0.2) is 5.13 Å². The van der Waals surface area contributed by atoms with Gasteiger partial charge in [0.25, 0.3) is 5.91 Å². The molecule has 0 N–H and O–H groups in total.